The van der Waals surface area contributed by atoms with E-state index in [9.17, 15) is 9.59 Å². The zero-order valence-corrected chi connectivity index (χ0v) is 22.9. The Labute approximate surface area is 225 Å². The molecular weight excluding hydrogens is 480 g/mol. The molecule has 0 spiro atoms. The third-order valence-corrected chi connectivity index (χ3v) is 6.56. The quantitative estimate of drug-likeness (QED) is 0.347. The van der Waals surface area contributed by atoms with Gasteiger partial charge in [0.15, 0.2) is 6.61 Å². The highest BCUT2D eigenvalue weighted by Gasteiger charge is 2.31. The standard InChI is InChI=1S/C31H38N2O5/c1-6-23(3)32-31(35)29(16-24-13-8-7-9-14-24)33(20-25-15-11-10-12-22(25)2)30(34)21-38-28-18-26(36-4)17-27(19-28)37-5/h7-15,17-19,23,29H,6,16,20-21H2,1-5H3,(H,32,35)/t23-,29+/m0/s1. The van der Waals surface area contributed by atoms with Crippen molar-refractivity contribution < 1.29 is 23.8 Å². The molecule has 3 aromatic carbocycles. The summed E-state index contributed by atoms with van der Waals surface area (Å²) in [6, 6.07) is 22.0. The second kappa shape index (κ2) is 14.1. The minimum atomic E-state index is -0.720. The van der Waals surface area contributed by atoms with Crippen molar-refractivity contribution in [2.75, 3.05) is 20.8 Å². The van der Waals surface area contributed by atoms with Gasteiger partial charge in [0.2, 0.25) is 5.91 Å². The van der Waals surface area contributed by atoms with Crippen LogP contribution in [0.1, 0.15) is 37.0 Å². The Morgan fingerprint density at radius 1 is 0.895 bits per heavy atom. The van der Waals surface area contributed by atoms with Crippen LogP contribution in [0.15, 0.2) is 72.8 Å². The number of amides is 2. The first-order valence-electron chi connectivity index (χ1n) is 12.9. The molecule has 3 aromatic rings. The van der Waals surface area contributed by atoms with Crippen LogP contribution < -0.4 is 19.5 Å². The van der Waals surface area contributed by atoms with Crippen molar-refractivity contribution in [3.63, 3.8) is 0 Å². The number of aryl methyl sites for hydroxylation is 1. The van der Waals surface area contributed by atoms with Crippen molar-refractivity contribution in [1.29, 1.82) is 0 Å². The topological polar surface area (TPSA) is 77.1 Å². The molecule has 1 N–H and O–H groups in total. The maximum atomic E-state index is 13.8. The van der Waals surface area contributed by atoms with Crippen molar-refractivity contribution in [2.24, 2.45) is 0 Å². The van der Waals surface area contributed by atoms with Gasteiger partial charge in [-0.2, -0.15) is 0 Å². The fourth-order valence-corrected chi connectivity index (χ4v) is 4.06. The minimum Gasteiger partial charge on any atom is -0.496 e. The van der Waals surface area contributed by atoms with Crippen LogP contribution in [0.5, 0.6) is 17.2 Å². The van der Waals surface area contributed by atoms with Crippen LogP contribution in [0.3, 0.4) is 0 Å². The Morgan fingerprint density at radius 3 is 2.11 bits per heavy atom. The van der Waals surface area contributed by atoms with Gasteiger partial charge in [-0.3, -0.25) is 9.59 Å². The van der Waals surface area contributed by atoms with Crippen molar-refractivity contribution in [3.8, 4) is 17.2 Å². The monoisotopic (exact) mass is 518 g/mol. The number of rotatable bonds is 13. The molecule has 0 unspecified atom stereocenters. The lowest BCUT2D eigenvalue weighted by molar-refractivity contribution is -0.143. The van der Waals surface area contributed by atoms with E-state index >= 15 is 0 Å². The number of nitrogens with one attached hydrogen (secondary N) is 1. The summed E-state index contributed by atoms with van der Waals surface area (Å²) in [5, 5.41) is 3.08. The van der Waals surface area contributed by atoms with Crippen molar-refractivity contribution in [1.82, 2.24) is 10.2 Å². The third-order valence-electron chi connectivity index (χ3n) is 6.56. The van der Waals surface area contributed by atoms with Crippen LogP contribution in [0, 0.1) is 6.92 Å². The molecular formula is C31H38N2O5. The third kappa shape index (κ3) is 8.00. The predicted molar refractivity (Wildman–Crippen MR) is 149 cm³/mol. The first kappa shape index (κ1) is 28.6. The Balaban J connectivity index is 1.94. The summed E-state index contributed by atoms with van der Waals surface area (Å²) in [5.41, 5.74) is 2.99. The van der Waals surface area contributed by atoms with E-state index < -0.39 is 6.04 Å². The van der Waals surface area contributed by atoms with E-state index in [0.717, 1.165) is 23.1 Å². The number of methoxy groups -OCH3 is 2. The number of hydrogen-bond donors (Lipinski definition) is 1. The summed E-state index contributed by atoms with van der Waals surface area (Å²) in [7, 11) is 3.11. The maximum Gasteiger partial charge on any atom is 0.261 e. The van der Waals surface area contributed by atoms with Gasteiger partial charge < -0.3 is 24.4 Å². The smallest absolute Gasteiger partial charge is 0.261 e. The molecule has 0 fully saturated rings. The summed E-state index contributed by atoms with van der Waals surface area (Å²) >= 11 is 0. The Hall–Kier alpha value is -4.00. The number of benzene rings is 3. The molecule has 2 atom stereocenters. The summed E-state index contributed by atoms with van der Waals surface area (Å²) in [6.45, 7) is 6.02. The van der Waals surface area contributed by atoms with Gasteiger partial charge in [-0.25, -0.2) is 0 Å². The van der Waals surface area contributed by atoms with Gasteiger partial charge in [0.1, 0.15) is 23.3 Å². The molecule has 0 saturated heterocycles. The molecule has 7 nitrogen and oxygen atoms in total. The van der Waals surface area contributed by atoms with Crippen LogP contribution in [0.4, 0.5) is 0 Å². The molecule has 0 radical (unpaired) electrons. The predicted octanol–water partition coefficient (Wildman–Crippen LogP) is 4.95. The summed E-state index contributed by atoms with van der Waals surface area (Å²) in [5.74, 6) is 1.06. The molecule has 202 valence electrons. The van der Waals surface area contributed by atoms with E-state index in [1.165, 1.54) is 0 Å². The normalized spacial score (nSPS) is 12.2. The van der Waals surface area contributed by atoms with Crippen molar-refractivity contribution in [3.05, 3.63) is 89.5 Å². The SMILES string of the molecule is CC[C@H](C)NC(=O)[C@@H](Cc1ccccc1)N(Cc1ccccc1C)C(=O)COc1cc(OC)cc(OC)c1. The van der Waals surface area contributed by atoms with Crippen LogP contribution >= 0.6 is 0 Å². The van der Waals surface area contributed by atoms with Gasteiger partial charge in [0.05, 0.1) is 14.2 Å². The molecule has 7 heteroatoms. The van der Waals surface area contributed by atoms with Crippen LogP contribution in [-0.4, -0.2) is 49.6 Å². The first-order valence-corrected chi connectivity index (χ1v) is 12.9. The molecule has 0 aliphatic carbocycles. The largest absolute Gasteiger partial charge is 0.496 e. The van der Waals surface area contributed by atoms with Crippen molar-refractivity contribution >= 4 is 11.8 Å². The molecule has 0 saturated carbocycles. The average Bonchev–Trinajstić information content (AvgIpc) is 2.94. The first-order chi connectivity index (χ1) is 18.3. The van der Waals surface area contributed by atoms with Gasteiger partial charge in [-0.1, -0.05) is 61.5 Å². The van der Waals surface area contributed by atoms with Gasteiger partial charge in [-0.05, 0) is 37.0 Å². The van der Waals surface area contributed by atoms with Crippen LogP contribution in [-0.2, 0) is 22.6 Å². The molecule has 2 amide bonds. The number of ether oxygens (including phenoxy) is 3. The summed E-state index contributed by atoms with van der Waals surface area (Å²) < 4.78 is 16.5. The van der Waals surface area contributed by atoms with Gasteiger partial charge in [0.25, 0.3) is 5.91 Å². The summed E-state index contributed by atoms with van der Waals surface area (Å²) in [4.78, 5) is 29.0. The van der Waals surface area contributed by atoms with E-state index in [-0.39, 0.29) is 31.0 Å². The molecule has 38 heavy (non-hydrogen) atoms. The van der Waals surface area contributed by atoms with Gasteiger partial charge in [0, 0.05) is 37.2 Å². The van der Waals surface area contributed by atoms with Crippen molar-refractivity contribution in [2.45, 2.75) is 52.2 Å². The van der Waals surface area contributed by atoms with Crippen LogP contribution in [0.25, 0.3) is 0 Å². The van der Waals surface area contributed by atoms with E-state index in [2.05, 4.69) is 5.32 Å². The summed E-state index contributed by atoms with van der Waals surface area (Å²) in [6.07, 6.45) is 1.17. The Bertz CT molecular complexity index is 1180. The number of hydrogen-bond acceptors (Lipinski definition) is 5. The Kier molecular flexibility index (Phi) is 10.6. The second-order valence-corrected chi connectivity index (χ2v) is 9.31. The van der Waals surface area contributed by atoms with Gasteiger partial charge >= 0.3 is 0 Å². The lowest BCUT2D eigenvalue weighted by atomic mass is 10.0. The highest BCUT2D eigenvalue weighted by Crippen LogP contribution is 2.27. The highest BCUT2D eigenvalue weighted by atomic mass is 16.5. The molecule has 0 heterocycles. The molecule has 0 aliphatic rings. The van der Waals surface area contributed by atoms with E-state index in [4.69, 9.17) is 14.2 Å². The number of nitrogens with zero attached hydrogens (tertiary/aromatic N) is 1. The lowest BCUT2D eigenvalue weighted by Crippen LogP contribution is -2.53. The van der Waals surface area contributed by atoms with E-state index in [1.54, 1.807) is 37.3 Å². The highest BCUT2D eigenvalue weighted by molar-refractivity contribution is 5.88. The van der Waals surface area contributed by atoms with Gasteiger partial charge in [-0.15, -0.1) is 0 Å². The molecule has 0 bridgehead atoms. The Morgan fingerprint density at radius 2 is 1.50 bits per heavy atom. The number of carbonyl (C=O) groups excluding carboxylic acids is 2. The molecule has 0 aliphatic heterocycles. The fourth-order valence-electron chi connectivity index (χ4n) is 4.06. The lowest BCUT2D eigenvalue weighted by Gasteiger charge is -2.32. The molecule has 3 rings (SSSR count). The number of carbonyl (C=O) groups is 2. The van der Waals surface area contributed by atoms with Crippen LogP contribution in [0.2, 0.25) is 0 Å². The average molecular weight is 519 g/mol. The second-order valence-electron chi connectivity index (χ2n) is 9.31. The van der Waals surface area contributed by atoms with E-state index in [0.29, 0.717) is 23.7 Å². The maximum absolute atomic E-state index is 13.8. The fraction of sp³-hybridized carbons (Fsp3) is 0.355. The zero-order valence-electron chi connectivity index (χ0n) is 22.9. The van der Waals surface area contributed by atoms with E-state index in [1.807, 2.05) is 75.4 Å². The zero-order chi connectivity index (χ0) is 27.5. The minimum absolute atomic E-state index is 0.0170. The molecule has 0 aromatic heterocycles.